The number of fused-ring (bicyclic) bond motifs is 1. The van der Waals surface area contributed by atoms with Gasteiger partial charge >= 0.3 is 0 Å². The Bertz CT molecular complexity index is 346. The van der Waals surface area contributed by atoms with Crippen LogP contribution in [-0.2, 0) is 0 Å². The molecule has 1 aromatic rings. The number of benzene rings is 1. The van der Waals surface area contributed by atoms with Gasteiger partial charge in [0.25, 0.3) is 0 Å². The first kappa shape index (κ1) is 10.1. The van der Waals surface area contributed by atoms with Gasteiger partial charge in [-0.05, 0) is 55.2 Å². The van der Waals surface area contributed by atoms with E-state index >= 15 is 0 Å². The van der Waals surface area contributed by atoms with E-state index in [0.717, 1.165) is 6.42 Å². The molecular weight excluding hydrogens is 190 g/mol. The van der Waals surface area contributed by atoms with Crippen LogP contribution in [0.3, 0.4) is 0 Å². The third-order valence-electron chi connectivity index (χ3n) is 2.94. The predicted octanol–water partition coefficient (Wildman–Crippen LogP) is 3.19. The normalized spacial score (nSPS) is 21.5. The number of rotatable bonds is 0. The van der Waals surface area contributed by atoms with Crippen molar-refractivity contribution >= 4 is 11.8 Å². The summed E-state index contributed by atoms with van der Waals surface area (Å²) in [5, 5.41) is 0. The van der Waals surface area contributed by atoms with Crippen molar-refractivity contribution in [3.63, 3.8) is 0 Å². The molecule has 0 saturated heterocycles. The van der Waals surface area contributed by atoms with Gasteiger partial charge in [0, 0.05) is 10.9 Å². The van der Waals surface area contributed by atoms with Gasteiger partial charge in [-0.1, -0.05) is 6.07 Å². The third kappa shape index (κ3) is 1.82. The summed E-state index contributed by atoms with van der Waals surface area (Å²) in [5.74, 6) is 1.21. The van der Waals surface area contributed by atoms with Crippen molar-refractivity contribution in [3.8, 4) is 0 Å². The maximum Gasteiger partial charge on any atom is 0.0306 e. The van der Waals surface area contributed by atoms with Crippen LogP contribution >= 0.6 is 11.8 Å². The summed E-state index contributed by atoms with van der Waals surface area (Å²) in [6.07, 6.45) is 2.36. The molecule has 0 fully saturated rings. The maximum atomic E-state index is 6.15. The topological polar surface area (TPSA) is 26.0 Å². The summed E-state index contributed by atoms with van der Waals surface area (Å²) in [6.45, 7) is 4.34. The van der Waals surface area contributed by atoms with Gasteiger partial charge in [-0.15, -0.1) is 11.8 Å². The molecule has 1 aromatic carbocycles. The second kappa shape index (κ2) is 3.95. The Labute approximate surface area is 90.1 Å². The summed E-state index contributed by atoms with van der Waals surface area (Å²) in [4.78, 5) is 1.40. The fraction of sp³-hybridized carbons (Fsp3) is 0.500. The van der Waals surface area contributed by atoms with Crippen LogP contribution in [0.2, 0.25) is 0 Å². The zero-order valence-electron chi connectivity index (χ0n) is 8.84. The Morgan fingerprint density at radius 3 is 2.79 bits per heavy atom. The average Bonchev–Trinajstić information content (AvgIpc) is 2.31. The summed E-state index contributed by atoms with van der Waals surface area (Å²) >= 11 is 1.96. The van der Waals surface area contributed by atoms with Crippen LogP contribution in [-0.4, -0.2) is 5.75 Å². The molecule has 0 radical (unpaired) electrons. The third-order valence-corrected chi connectivity index (χ3v) is 4.10. The lowest BCUT2D eigenvalue weighted by Crippen LogP contribution is -2.10. The standard InChI is InChI=1S/C12H17NS/c1-8-6-10-11(13)4-3-5-14-12(10)7-9(8)2/h6-7,11H,3-5,13H2,1-2H3. The largest absolute Gasteiger partial charge is 0.324 e. The highest BCUT2D eigenvalue weighted by atomic mass is 32.2. The number of aryl methyl sites for hydroxylation is 2. The first-order valence-electron chi connectivity index (χ1n) is 5.18. The van der Waals surface area contributed by atoms with Crippen molar-refractivity contribution < 1.29 is 0 Å². The van der Waals surface area contributed by atoms with E-state index in [1.165, 1.54) is 33.8 Å². The van der Waals surface area contributed by atoms with Crippen LogP contribution in [0, 0.1) is 13.8 Å². The number of hydrogen-bond acceptors (Lipinski definition) is 2. The van der Waals surface area contributed by atoms with Crippen molar-refractivity contribution in [1.29, 1.82) is 0 Å². The number of thioether (sulfide) groups is 1. The highest BCUT2D eigenvalue weighted by Gasteiger charge is 2.16. The van der Waals surface area contributed by atoms with Gasteiger partial charge in [0.1, 0.15) is 0 Å². The smallest absolute Gasteiger partial charge is 0.0306 e. The Hall–Kier alpha value is -0.470. The van der Waals surface area contributed by atoms with E-state index in [4.69, 9.17) is 5.73 Å². The molecule has 0 bridgehead atoms. The van der Waals surface area contributed by atoms with Crippen LogP contribution in [0.4, 0.5) is 0 Å². The molecule has 1 unspecified atom stereocenters. The van der Waals surface area contributed by atoms with Crippen LogP contribution in [0.25, 0.3) is 0 Å². The molecule has 2 heteroatoms. The van der Waals surface area contributed by atoms with Gasteiger partial charge in [0.05, 0.1) is 0 Å². The van der Waals surface area contributed by atoms with E-state index in [2.05, 4.69) is 26.0 Å². The van der Waals surface area contributed by atoms with E-state index in [9.17, 15) is 0 Å². The molecule has 2 N–H and O–H groups in total. The van der Waals surface area contributed by atoms with E-state index in [0.29, 0.717) is 0 Å². The van der Waals surface area contributed by atoms with Crippen LogP contribution in [0.5, 0.6) is 0 Å². The van der Waals surface area contributed by atoms with E-state index < -0.39 is 0 Å². The molecule has 0 aliphatic carbocycles. The molecule has 76 valence electrons. The molecule has 1 nitrogen and oxygen atoms in total. The van der Waals surface area contributed by atoms with Gasteiger partial charge in [0.2, 0.25) is 0 Å². The Balaban J connectivity index is 2.49. The maximum absolute atomic E-state index is 6.15. The van der Waals surface area contributed by atoms with Gasteiger partial charge in [-0.2, -0.15) is 0 Å². The fourth-order valence-electron chi connectivity index (χ4n) is 1.87. The predicted molar refractivity (Wildman–Crippen MR) is 62.8 cm³/mol. The van der Waals surface area contributed by atoms with E-state index in [1.54, 1.807) is 0 Å². The average molecular weight is 207 g/mol. The molecule has 0 aromatic heterocycles. The van der Waals surface area contributed by atoms with Gasteiger partial charge in [0.15, 0.2) is 0 Å². The Morgan fingerprint density at radius 1 is 1.29 bits per heavy atom. The monoisotopic (exact) mass is 207 g/mol. The lowest BCUT2D eigenvalue weighted by Gasteiger charge is -2.14. The molecule has 14 heavy (non-hydrogen) atoms. The van der Waals surface area contributed by atoms with Gasteiger partial charge in [-0.3, -0.25) is 0 Å². The molecule has 2 rings (SSSR count). The second-order valence-electron chi connectivity index (χ2n) is 4.07. The fourth-order valence-corrected chi connectivity index (χ4v) is 3.04. The minimum atomic E-state index is 0.249. The van der Waals surface area contributed by atoms with E-state index in [1.807, 2.05) is 11.8 Å². The summed E-state index contributed by atoms with van der Waals surface area (Å²) in [7, 11) is 0. The molecular formula is C12H17NS. The second-order valence-corrected chi connectivity index (χ2v) is 5.21. The summed E-state index contributed by atoms with van der Waals surface area (Å²) in [6, 6.07) is 4.81. The van der Waals surface area contributed by atoms with E-state index in [-0.39, 0.29) is 6.04 Å². The highest BCUT2D eigenvalue weighted by Crippen LogP contribution is 2.35. The Kier molecular flexibility index (Phi) is 2.84. The number of hydrogen-bond donors (Lipinski definition) is 1. The molecule has 1 aliphatic heterocycles. The summed E-state index contributed by atoms with van der Waals surface area (Å²) in [5.41, 5.74) is 10.3. The van der Waals surface area contributed by atoms with Gasteiger partial charge < -0.3 is 5.73 Å². The minimum Gasteiger partial charge on any atom is -0.324 e. The van der Waals surface area contributed by atoms with Crippen molar-refractivity contribution in [2.24, 2.45) is 5.73 Å². The van der Waals surface area contributed by atoms with Crippen molar-refractivity contribution in [3.05, 3.63) is 28.8 Å². The Morgan fingerprint density at radius 2 is 2.00 bits per heavy atom. The van der Waals surface area contributed by atoms with Crippen molar-refractivity contribution in [2.75, 3.05) is 5.75 Å². The molecule has 0 saturated carbocycles. The lowest BCUT2D eigenvalue weighted by atomic mass is 9.99. The zero-order chi connectivity index (χ0) is 10.1. The lowest BCUT2D eigenvalue weighted by molar-refractivity contribution is 0.639. The SMILES string of the molecule is Cc1cc2c(cc1C)C(N)CCCS2. The van der Waals surface area contributed by atoms with Crippen molar-refractivity contribution in [2.45, 2.75) is 37.6 Å². The van der Waals surface area contributed by atoms with Crippen molar-refractivity contribution in [1.82, 2.24) is 0 Å². The molecule has 0 amide bonds. The molecule has 0 spiro atoms. The van der Waals surface area contributed by atoms with Crippen LogP contribution in [0.15, 0.2) is 17.0 Å². The zero-order valence-corrected chi connectivity index (χ0v) is 9.66. The number of nitrogens with two attached hydrogens (primary N) is 1. The minimum absolute atomic E-state index is 0.249. The van der Waals surface area contributed by atoms with Crippen LogP contribution < -0.4 is 5.73 Å². The first-order valence-corrected chi connectivity index (χ1v) is 6.16. The molecule has 1 atom stereocenters. The molecule has 1 aliphatic rings. The van der Waals surface area contributed by atoms with Crippen LogP contribution in [0.1, 0.15) is 35.6 Å². The van der Waals surface area contributed by atoms with Gasteiger partial charge in [-0.25, -0.2) is 0 Å². The summed E-state index contributed by atoms with van der Waals surface area (Å²) < 4.78 is 0. The molecule has 1 heterocycles. The highest BCUT2D eigenvalue weighted by molar-refractivity contribution is 7.99. The first-order chi connectivity index (χ1) is 6.68. The quantitative estimate of drug-likeness (QED) is 0.707.